The van der Waals surface area contributed by atoms with Crippen molar-refractivity contribution in [2.45, 2.75) is 19.4 Å². The summed E-state index contributed by atoms with van der Waals surface area (Å²) in [5.41, 5.74) is 0. The monoisotopic (exact) mass is 212 g/mol. The second kappa shape index (κ2) is 5.06. The summed E-state index contributed by atoms with van der Waals surface area (Å²) in [5, 5.41) is 3.02. The fourth-order valence-electron chi connectivity index (χ4n) is 0.614. The fourth-order valence-corrected chi connectivity index (χ4v) is 1.17. The zero-order valence-electron chi connectivity index (χ0n) is 7.61. The van der Waals surface area contributed by atoms with Crippen LogP contribution in [0.4, 0.5) is 0 Å². The number of thiol groups is 1. The molecule has 0 aliphatic heterocycles. The highest BCUT2D eigenvalue weighted by molar-refractivity contribution is 7.99. The van der Waals surface area contributed by atoms with Crippen molar-refractivity contribution in [1.29, 1.82) is 0 Å². The van der Waals surface area contributed by atoms with E-state index in [1.807, 2.05) is 14.0 Å². The van der Waals surface area contributed by atoms with Crippen LogP contribution in [0.15, 0.2) is 0 Å². The Kier molecular flexibility index (Phi) is 5.15. The summed E-state index contributed by atoms with van der Waals surface area (Å²) in [6.45, 7) is 2.42. The Morgan fingerprint density at radius 2 is 2.08 bits per heavy atom. The molecule has 0 saturated heterocycles. The number of nitrogens with one attached hydrogen (secondary N) is 1. The van der Waals surface area contributed by atoms with E-state index in [4.69, 9.17) is 0 Å². The lowest BCUT2D eigenvalue weighted by molar-refractivity contribution is 0.499. The smallest absolute Gasteiger partial charge is 0.220 e. The third-order valence-electron chi connectivity index (χ3n) is 1.63. The van der Waals surface area contributed by atoms with E-state index in [-0.39, 0.29) is 0 Å². The molecule has 0 fully saturated rings. The predicted octanol–water partition coefficient (Wildman–Crippen LogP) is 0.0908. The minimum Gasteiger partial charge on any atom is -0.317 e. The van der Waals surface area contributed by atoms with Gasteiger partial charge in [0, 0.05) is 12.6 Å². The van der Waals surface area contributed by atoms with Crippen molar-refractivity contribution in [3.63, 3.8) is 0 Å². The first-order chi connectivity index (χ1) is 5.38. The highest BCUT2D eigenvalue weighted by Crippen LogP contribution is 2.03. The quantitative estimate of drug-likeness (QED) is 0.635. The molecule has 6 heteroatoms. The van der Waals surface area contributed by atoms with Crippen LogP contribution < -0.4 is 5.32 Å². The normalized spacial score (nSPS) is 15.1. The van der Waals surface area contributed by atoms with Crippen LogP contribution in [0.5, 0.6) is 0 Å². The molecule has 4 nitrogen and oxygen atoms in total. The zero-order chi connectivity index (χ0) is 9.78. The molecule has 0 heterocycles. The van der Waals surface area contributed by atoms with E-state index < -0.39 is 10.0 Å². The Balaban J connectivity index is 3.80. The molecule has 0 aromatic carbocycles. The largest absolute Gasteiger partial charge is 0.317 e. The van der Waals surface area contributed by atoms with E-state index in [9.17, 15) is 8.42 Å². The molecule has 0 rings (SSSR count). The van der Waals surface area contributed by atoms with E-state index in [0.717, 1.165) is 16.4 Å². The number of hydrogen-bond acceptors (Lipinski definition) is 4. The molecule has 1 N–H and O–H groups in total. The summed E-state index contributed by atoms with van der Waals surface area (Å²) in [6, 6.07) is 0.307. The van der Waals surface area contributed by atoms with Gasteiger partial charge in [-0.05, 0) is 20.4 Å². The second-order valence-electron chi connectivity index (χ2n) is 2.79. The number of nitrogens with zero attached hydrogens (tertiary/aromatic N) is 1. The molecular weight excluding hydrogens is 196 g/mol. The molecule has 1 unspecified atom stereocenters. The number of hydrogen-bond donors (Lipinski definition) is 2. The van der Waals surface area contributed by atoms with Crippen LogP contribution in [0.3, 0.4) is 0 Å². The van der Waals surface area contributed by atoms with E-state index in [2.05, 4.69) is 18.1 Å². The molecule has 0 aliphatic carbocycles. The van der Waals surface area contributed by atoms with Crippen LogP contribution in [0, 0.1) is 0 Å². The van der Waals surface area contributed by atoms with E-state index in [1.165, 1.54) is 0 Å². The van der Waals surface area contributed by atoms with Crippen LogP contribution in [-0.4, -0.2) is 38.0 Å². The lowest BCUT2D eigenvalue weighted by atomic mass is 10.2. The van der Waals surface area contributed by atoms with Crippen LogP contribution in [0.2, 0.25) is 0 Å². The molecule has 0 spiro atoms. The lowest BCUT2D eigenvalue weighted by Crippen LogP contribution is -2.28. The van der Waals surface area contributed by atoms with Crippen LogP contribution in [0.1, 0.15) is 13.3 Å². The van der Waals surface area contributed by atoms with Gasteiger partial charge >= 0.3 is 0 Å². The summed E-state index contributed by atoms with van der Waals surface area (Å²) < 4.78 is 22.8. The molecule has 0 saturated carbocycles. The van der Waals surface area contributed by atoms with Crippen molar-refractivity contribution >= 4 is 22.8 Å². The van der Waals surface area contributed by atoms with E-state index in [1.54, 1.807) is 0 Å². The minimum absolute atomic E-state index is 0.307. The van der Waals surface area contributed by atoms with Gasteiger partial charge in [-0.25, -0.2) is 8.42 Å². The van der Waals surface area contributed by atoms with Gasteiger partial charge in [0.15, 0.2) is 0 Å². The Morgan fingerprint density at radius 1 is 1.58 bits per heavy atom. The zero-order valence-corrected chi connectivity index (χ0v) is 9.32. The maximum atomic E-state index is 10.9. The average Bonchev–Trinajstić information content (AvgIpc) is 1.97. The highest BCUT2D eigenvalue weighted by atomic mass is 32.3. The first-order valence-electron chi connectivity index (χ1n) is 3.71. The van der Waals surface area contributed by atoms with Crippen molar-refractivity contribution in [3.05, 3.63) is 0 Å². The molecule has 0 aromatic heterocycles. The molecular formula is C6H16N2O2S2. The summed E-state index contributed by atoms with van der Waals surface area (Å²) in [6.07, 6.45) is 1.90. The van der Waals surface area contributed by atoms with Gasteiger partial charge in [0.25, 0.3) is 0 Å². The van der Waals surface area contributed by atoms with Crippen LogP contribution in [-0.2, 0) is 10.0 Å². The van der Waals surface area contributed by atoms with Gasteiger partial charge in [0.05, 0.1) is 6.26 Å². The van der Waals surface area contributed by atoms with Gasteiger partial charge in [0.2, 0.25) is 10.0 Å². The van der Waals surface area contributed by atoms with Crippen molar-refractivity contribution in [3.8, 4) is 0 Å². The summed E-state index contributed by atoms with van der Waals surface area (Å²) in [7, 11) is -1.30. The van der Waals surface area contributed by atoms with E-state index >= 15 is 0 Å². The van der Waals surface area contributed by atoms with Gasteiger partial charge in [-0.15, -0.1) is 3.71 Å². The summed E-state index contributed by atoms with van der Waals surface area (Å²) in [4.78, 5) is 0. The lowest BCUT2D eigenvalue weighted by Gasteiger charge is -2.15. The van der Waals surface area contributed by atoms with Gasteiger partial charge in [-0.2, -0.15) is 0 Å². The van der Waals surface area contributed by atoms with E-state index in [0.29, 0.717) is 12.6 Å². The third-order valence-corrected chi connectivity index (χ3v) is 3.67. The molecule has 12 heavy (non-hydrogen) atoms. The standard InChI is InChI=1S/C6H16N2O2S2/c1-6(7-2)4-5-8(11)12(3,9)10/h6-7,11H,4-5H2,1-3H3. The molecule has 0 radical (unpaired) electrons. The van der Waals surface area contributed by atoms with Crippen molar-refractivity contribution in [2.24, 2.45) is 0 Å². The van der Waals surface area contributed by atoms with Gasteiger partial charge < -0.3 is 5.32 Å². The number of sulfonamides is 1. The first-order valence-corrected chi connectivity index (χ1v) is 5.96. The Bertz CT molecular complexity index is 216. The summed E-state index contributed by atoms with van der Waals surface area (Å²) >= 11 is 3.84. The van der Waals surface area contributed by atoms with Gasteiger partial charge in [-0.3, -0.25) is 0 Å². The molecule has 74 valence electrons. The maximum absolute atomic E-state index is 10.9. The predicted molar refractivity (Wildman–Crippen MR) is 53.7 cm³/mol. The van der Waals surface area contributed by atoms with Gasteiger partial charge in [-0.1, -0.05) is 12.8 Å². The van der Waals surface area contributed by atoms with Crippen LogP contribution >= 0.6 is 12.8 Å². The van der Waals surface area contributed by atoms with Crippen LogP contribution in [0.25, 0.3) is 0 Å². The highest BCUT2D eigenvalue weighted by Gasteiger charge is 2.12. The molecule has 0 aromatic rings. The topological polar surface area (TPSA) is 49.4 Å². The third kappa shape index (κ3) is 4.97. The van der Waals surface area contributed by atoms with Gasteiger partial charge in [0.1, 0.15) is 0 Å². The van der Waals surface area contributed by atoms with Crippen molar-refractivity contribution in [2.75, 3.05) is 19.8 Å². The summed E-state index contributed by atoms with van der Waals surface area (Å²) in [5.74, 6) is 0. The number of rotatable bonds is 5. The average molecular weight is 212 g/mol. The molecule has 0 bridgehead atoms. The Morgan fingerprint density at radius 3 is 2.42 bits per heavy atom. The minimum atomic E-state index is -3.14. The molecule has 1 atom stereocenters. The second-order valence-corrected chi connectivity index (χ2v) is 5.45. The van der Waals surface area contributed by atoms with Crippen molar-refractivity contribution < 1.29 is 8.42 Å². The van der Waals surface area contributed by atoms with Crippen molar-refractivity contribution in [1.82, 2.24) is 9.03 Å². The molecule has 0 aliphatic rings. The SMILES string of the molecule is CNC(C)CCN(S)S(C)(=O)=O. The fraction of sp³-hybridized carbons (Fsp3) is 1.00. The maximum Gasteiger partial charge on any atom is 0.220 e. The Labute approximate surface area is 79.9 Å². The first kappa shape index (κ1) is 12.2. The Hall–Kier alpha value is 0.220. The molecule has 0 amide bonds.